The van der Waals surface area contributed by atoms with Gasteiger partial charge in [0.25, 0.3) is 0 Å². The third-order valence-electron chi connectivity index (χ3n) is 3.87. The zero-order chi connectivity index (χ0) is 14.5. The van der Waals surface area contributed by atoms with Gasteiger partial charge in [-0.3, -0.25) is 0 Å². The number of nitrogen functional groups attached to an aromatic ring is 1. The predicted molar refractivity (Wildman–Crippen MR) is 78.9 cm³/mol. The van der Waals surface area contributed by atoms with Gasteiger partial charge in [-0.15, -0.1) is 0 Å². The van der Waals surface area contributed by atoms with Crippen LogP contribution in [-0.4, -0.2) is 18.7 Å². The molecule has 1 aliphatic rings. The molecule has 2 atom stereocenters. The van der Waals surface area contributed by atoms with E-state index in [1.165, 1.54) is 19.3 Å². The second-order valence-corrected chi connectivity index (χ2v) is 5.36. The first-order valence-electron chi connectivity index (χ1n) is 7.35. The van der Waals surface area contributed by atoms with Gasteiger partial charge in [-0.1, -0.05) is 19.4 Å². The Morgan fingerprint density at radius 1 is 1.35 bits per heavy atom. The molecule has 0 amide bonds. The van der Waals surface area contributed by atoms with Gasteiger partial charge in [0.05, 0.1) is 17.9 Å². The molecule has 0 spiro atoms. The lowest BCUT2D eigenvalue weighted by Crippen LogP contribution is -2.28. The first-order chi connectivity index (χ1) is 9.63. The molecule has 1 fully saturated rings. The lowest BCUT2D eigenvalue weighted by molar-refractivity contribution is 0.0526. The number of esters is 1. The largest absolute Gasteiger partial charge is 0.488 e. The Balaban J connectivity index is 2.15. The molecule has 0 bridgehead atoms. The van der Waals surface area contributed by atoms with Crippen LogP contribution < -0.4 is 10.5 Å². The summed E-state index contributed by atoms with van der Waals surface area (Å²) >= 11 is 0. The third kappa shape index (κ3) is 3.24. The van der Waals surface area contributed by atoms with E-state index in [0.717, 1.165) is 6.42 Å². The van der Waals surface area contributed by atoms with Crippen molar-refractivity contribution in [2.75, 3.05) is 12.3 Å². The van der Waals surface area contributed by atoms with Crippen LogP contribution in [0.4, 0.5) is 5.69 Å². The maximum absolute atomic E-state index is 11.8. The Bertz CT molecular complexity index is 473. The van der Waals surface area contributed by atoms with E-state index < -0.39 is 5.97 Å². The minimum absolute atomic E-state index is 0.184. The fourth-order valence-electron chi connectivity index (χ4n) is 2.65. The number of anilines is 1. The van der Waals surface area contributed by atoms with Gasteiger partial charge in [0, 0.05) is 0 Å². The van der Waals surface area contributed by atoms with E-state index in [1.807, 2.05) is 6.07 Å². The molecule has 4 heteroatoms. The van der Waals surface area contributed by atoms with Crippen molar-refractivity contribution >= 4 is 11.7 Å². The summed E-state index contributed by atoms with van der Waals surface area (Å²) < 4.78 is 11.0. The topological polar surface area (TPSA) is 61.5 Å². The van der Waals surface area contributed by atoms with Crippen LogP contribution in [0.15, 0.2) is 18.2 Å². The first kappa shape index (κ1) is 14.7. The van der Waals surface area contributed by atoms with E-state index in [2.05, 4.69) is 6.92 Å². The average Bonchev–Trinajstić information content (AvgIpc) is 2.43. The fourth-order valence-corrected chi connectivity index (χ4v) is 2.65. The standard InChI is InChI=1S/C16H23NO3/c1-3-19-16(18)12-8-6-10-14(15(12)17)20-13-9-5-4-7-11(13)2/h6,8,10-11,13H,3-5,7,9,17H2,1-2H3. The molecule has 2 unspecified atom stereocenters. The van der Waals surface area contributed by atoms with Crippen LogP contribution in [0.1, 0.15) is 49.9 Å². The Labute approximate surface area is 120 Å². The van der Waals surface area contributed by atoms with Crippen molar-refractivity contribution in [2.24, 2.45) is 5.92 Å². The lowest BCUT2D eigenvalue weighted by atomic mass is 9.88. The fraction of sp³-hybridized carbons (Fsp3) is 0.562. The van der Waals surface area contributed by atoms with E-state index in [4.69, 9.17) is 15.2 Å². The van der Waals surface area contributed by atoms with E-state index in [0.29, 0.717) is 29.5 Å². The normalized spacial score (nSPS) is 22.3. The monoisotopic (exact) mass is 277 g/mol. The summed E-state index contributed by atoms with van der Waals surface area (Å²) in [5.41, 5.74) is 6.81. The number of ether oxygens (including phenoxy) is 2. The molecule has 2 N–H and O–H groups in total. The number of carbonyl (C=O) groups is 1. The van der Waals surface area contributed by atoms with Gasteiger partial charge in [0.2, 0.25) is 0 Å². The highest BCUT2D eigenvalue weighted by molar-refractivity contribution is 5.96. The van der Waals surface area contributed by atoms with Gasteiger partial charge in [0.1, 0.15) is 11.9 Å². The predicted octanol–water partition coefficient (Wildman–Crippen LogP) is 3.40. The lowest BCUT2D eigenvalue weighted by Gasteiger charge is -2.29. The van der Waals surface area contributed by atoms with Gasteiger partial charge in [-0.2, -0.15) is 0 Å². The number of nitrogens with two attached hydrogens (primary N) is 1. The number of hydrogen-bond acceptors (Lipinski definition) is 4. The van der Waals surface area contributed by atoms with Crippen LogP contribution in [0.2, 0.25) is 0 Å². The van der Waals surface area contributed by atoms with Crippen LogP contribution in [0.3, 0.4) is 0 Å². The number of para-hydroxylation sites is 1. The highest BCUT2D eigenvalue weighted by Crippen LogP contribution is 2.32. The Morgan fingerprint density at radius 2 is 2.10 bits per heavy atom. The minimum atomic E-state index is -0.396. The molecule has 0 aliphatic heterocycles. The maximum Gasteiger partial charge on any atom is 0.340 e. The number of rotatable bonds is 4. The smallest absolute Gasteiger partial charge is 0.340 e. The van der Waals surface area contributed by atoms with Crippen molar-refractivity contribution in [3.05, 3.63) is 23.8 Å². The van der Waals surface area contributed by atoms with Crippen LogP contribution in [0, 0.1) is 5.92 Å². The zero-order valence-corrected chi connectivity index (χ0v) is 12.2. The van der Waals surface area contributed by atoms with Gasteiger partial charge in [-0.05, 0) is 44.2 Å². The highest BCUT2D eigenvalue weighted by Gasteiger charge is 2.24. The van der Waals surface area contributed by atoms with Crippen molar-refractivity contribution in [1.29, 1.82) is 0 Å². The van der Waals surface area contributed by atoms with Crippen LogP contribution >= 0.6 is 0 Å². The van der Waals surface area contributed by atoms with Crippen LogP contribution in [0.5, 0.6) is 5.75 Å². The average molecular weight is 277 g/mol. The molecule has 2 rings (SSSR count). The van der Waals surface area contributed by atoms with Crippen molar-refractivity contribution in [1.82, 2.24) is 0 Å². The third-order valence-corrected chi connectivity index (χ3v) is 3.87. The van der Waals surface area contributed by atoms with Gasteiger partial charge in [0.15, 0.2) is 0 Å². The highest BCUT2D eigenvalue weighted by atomic mass is 16.5. The van der Waals surface area contributed by atoms with E-state index in [-0.39, 0.29) is 6.10 Å². The molecule has 4 nitrogen and oxygen atoms in total. The Morgan fingerprint density at radius 3 is 2.80 bits per heavy atom. The van der Waals surface area contributed by atoms with Crippen LogP contribution in [-0.2, 0) is 4.74 Å². The number of benzene rings is 1. The van der Waals surface area contributed by atoms with Gasteiger partial charge < -0.3 is 15.2 Å². The van der Waals surface area contributed by atoms with E-state index >= 15 is 0 Å². The van der Waals surface area contributed by atoms with Gasteiger partial charge >= 0.3 is 5.97 Å². The molecular formula is C16H23NO3. The summed E-state index contributed by atoms with van der Waals surface area (Å²) in [7, 11) is 0. The maximum atomic E-state index is 11.8. The molecule has 0 aromatic heterocycles. The molecule has 20 heavy (non-hydrogen) atoms. The minimum Gasteiger partial charge on any atom is -0.488 e. The molecular weight excluding hydrogens is 254 g/mol. The summed E-state index contributed by atoms with van der Waals surface area (Å²) in [6.45, 7) is 4.32. The summed E-state index contributed by atoms with van der Waals surface area (Å²) in [6.07, 6.45) is 4.86. The first-order valence-corrected chi connectivity index (χ1v) is 7.35. The SMILES string of the molecule is CCOC(=O)c1cccc(OC2CCCCC2C)c1N. The summed E-state index contributed by atoms with van der Waals surface area (Å²) in [6, 6.07) is 5.27. The molecule has 110 valence electrons. The quantitative estimate of drug-likeness (QED) is 0.676. The van der Waals surface area contributed by atoms with Crippen molar-refractivity contribution < 1.29 is 14.3 Å². The molecule has 1 aliphatic carbocycles. The van der Waals surface area contributed by atoms with Gasteiger partial charge in [-0.25, -0.2) is 4.79 Å². The van der Waals surface area contributed by atoms with Crippen molar-refractivity contribution in [2.45, 2.75) is 45.6 Å². The second kappa shape index (κ2) is 6.64. The zero-order valence-electron chi connectivity index (χ0n) is 12.2. The number of hydrogen-bond donors (Lipinski definition) is 1. The summed E-state index contributed by atoms with van der Waals surface area (Å²) in [4.78, 5) is 11.8. The Hall–Kier alpha value is -1.71. The summed E-state index contributed by atoms with van der Waals surface area (Å²) in [5.74, 6) is 0.718. The van der Waals surface area contributed by atoms with Crippen molar-refractivity contribution in [3.8, 4) is 5.75 Å². The van der Waals surface area contributed by atoms with Crippen molar-refractivity contribution in [3.63, 3.8) is 0 Å². The van der Waals surface area contributed by atoms with Crippen LogP contribution in [0.25, 0.3) is 0 Å². The number of carbonyl (C=O) groups excluding carboxylic acids is 1. The molecule has 0 saturated heterocycles. The van der Waals surface area contributed by atoms with E-state index in [9.17, 15) is 4.79 Å². The molecule has 1 saturated carbocycles. The molecule has 1 aromatic carbocycles. The van der Waals surface area contributed by atoms with E-state index in [1.54, 1.807) is 19.1 Å². The summed E-state index contributed by atoms with van der Waals surface area (Å²) in [5, 5.41) is 0. The molecule has 0 radical (unpaired) electrons. The second-order valence-electron chi connectivity index (χ2n) is 5.36. The molecule has 0 heterocycles. The molecule has 1 aromatic rings. The Kier molecular flexibility index (Phi) is 4.88.